The summed E-state index contributed by atoms with van der Waals surface area (Å²) in [7, 11) is 4.65. The number of aliphatic hydroxyl groups excluding tert-OH is 3. The fourth-order valence-electron chi connectivity index (χ4n) is 0.742. The molecule has 1 aromatic rings. The minimum Gasteiger partial charge on any atom is -0.394 e. The average Bonchev–Trinajstić information content (AvgIpc) is 2.43. The van der Waals surface area contributed by atoms with Crippen molar-refractivity contribution in [3.63, 3.8) is 0 Å². The smallest absolute Gasteiger partial charge is 0.161 e. The molecule has 0 saturated heterocycles. The zero-order chi connectivity index (χ0) is 15.2. The van der Waals surface area contributed by atoms with Crippen LogP contribution >= 0.6 is 0 Å². The van der Waals surface area contributed by atoms with Crippen LogP contribution < -0.4 is 11.2 Å². The molecule has 106 valence electrons. The summed E-state index contributed by atoms with van der Waals surface area (Å²) in [4.78, 5) is 0. The number of hydrogen-bond donors (Lipinski definition) is 4. The zero-order valence-electron chi connectivity index (χ0n) is 9.71. The van der Waals surface area contributed by atoms with Crippen molar-refractivity contribution < 1.29 is 32.9 Å². The standard InChI is InChI=1S/C6HBF4.C4H11NO3/c7-4-5(10)2(8)1-3(9)6(4)11;5-4(1-6,2-7)3-8/h1H;6-8H,1-3,5H2. The number of nitrogens with two attached hydrogens (primary N) is 1. The summed E-state index contributed by atoms with van der Waals surface area (Å²) in [6.07, 6.45) is 0. The van der Waals surface area contributed by atoms with Gasteiger partial charge in [-0.15, -0.1) is 0 Å². The van der Waals surface area contributed by atoms with Gasteiger partial charge < -0.3 is 21.1 Å². The molecule has 4 nitrogen and oxygen atoms in total. The van der Waals surface area contributed by atoms with E-state index in [9.17, 15) is 17.6 Å². The van der Waals surface area contributed by atoms with E-state index >= 15 is 0 Å². The predicted molar refractivity (Wildman–Crippen MR) is 59.8 cm³/mol. The topological polar surface area (TPSA) is 86.7 Å². The Bertz CT molecular complexity index is 395. The molecular weight excluding hydrogens is 269 g/mol. The van der Waals surface area contributed by atoms with Gasteiger partial charge in [0.15, 0.2) is 23.3 Å². The highest BCUT2D eigenvalue weighted by Crippen LogP contribution is 2.08. The molecule has 9 heteroatoms. The molecule has 0 aliphatic heterocycles. The minimum atomic E-state index is -1.57. The lowest BCUT2D eigenvalue weighted by Gasteiger charge is -2.20. The van der Waals surface area contributed by atoms with Gasteiger partial charge in [-0.05, 0) is 5.46 Å². The van der Waals surface area contributed by atoms with Crippen LogP contribution in [0.5, 0.6) is 0 Å². The molecule has 0 saturated carbocycles. The van der Waals surface area contributed by atoms with Gasteiger partial charge in [0, 0.05) is 6.07 Å². The normalized spacial score (nSPS) is 10.9. The van der Waals surface area contributed by atoms with Gasteiger partial charge in [-0.1, -0.05) is 0 Å². The summed E-state index contributed by atoms with van der Waals surface area (Å²) >= 11 is 0. The summed E-state index contributed by atoms with van der Waals surface area (Å²) in [6.45, 7) is -1.21. The van der Waals surface area contributed by atoms with Gasteiger partial charge in [-0.2, -0.15) is 0 Å². The first kappa shape index (κ1) is 17.8. The third kappa shape index (κ3) is 4.79. The third-order valence-electron chi connectivity index (χ3n) is 2.09. The molecule has 1 aromatic carbocycles. The van der Waals surface area contributed by atoms with Gasteiger partial charge in [-0.25, -0.2) is 17.6 Å². The van der Waals surface area contributed by atoms with E-state index in [1.807, 2.05) is 0 Å². The van der Waals surface area contributed by atoms with Crippen molar-refractivity contribution in [2.24, 2.45) is 5.73 Å². The van der Waals surface area contributed by atoms with Gasteiger partial charge >= 0.3 is 0 Å². The molecule has 0 aliphatic rings. The summed E-state index contributed by atoms with van der Waals surface area (Å²) in [5, 5.41) is 25.0. The highest BCUT2D eigenvalue weighted by atomic mass is 19.2. The summed E-state index contributed by atoms with van der Waals surface area (Å²) in [6, 6.07) is 0.0982. The van der Waals surface area contributed by atoms with Gasteiger partial charge in [0.05, 0.1) is 25.4 Å². The van der Waals surface area contributed by atoms with Crippen molar-refractivity contribution in [1.82, 2.24) is 0 Å². The lowest BCUT2D eigenvalue weighted by molar-refractivity contribution is 0.0698. The van der Waals surface area contributed by atoms with Crippen LogP contribution in [0.1, 0.15) is 0 Å². The van der Waals surface area contributed by atoms with E-state index in [1.54, 1.807) is 0 Å². The first-order valence-electron chi connectivity index (χ1n) is 4.92. The van der Waals surface area contributed by atoms with Crippen molar-refractivity contribution in [3.8, 4) is 0 Å². The Hall–Kier alpha value is -1.16. The Labute approximate surface area is 107 Å². The number of rotatable bonds is 3. The molecular formula is C10H12BF4NO3. The Morgan fingerprint density at radius 2 is 1.26 bits per heavy atom. The van der Waals surface area contributed by atoms with Crippen molar-refractivity contribution in [2.75, 3.05) is 19.8 Å². The molecule has 0 atom stereocenters. The minimum absolute atomic E-state index is 0.0982. The molecule has 0 heterocycles. The quantitative estimate of drug-likeness (QED) is 0.315. The van der Waals surface area contributed by atoms with Crippen LogP contribution in [-0.2, 0) is 0 Å². The number of hydrogen-bond acceptors (Lipinski definition) is 4. The average molecular weight is 281 g/mol. The van der Waals surface area contributed by atoms with Crippen molar-refractivity contribution in [1.29, 1.82) is 0 Å². The SMILES string of the molecule is NC(CO)(CO)CO.[B]c1c(F)c(F)cc(F)c1F. The maximum Gasteiger partial charge on any atom is 0.161 e. The van der Waals surface area contributed by atoms with Crippen LogP contribution in [0.15, 0.2) is 6.07 Å². The summed E-state index contributed by atoms with van der Waals surface area (Å²) < 4.78 is 48.8. The third-order valence-corrected chi connectivity index (χ3v) is 2.09. The van der Waals surface area contributed by atoms with Crippen LogP contribution in [0.2, 0.25) is 0 Å². The molecule has 0 fully saturated rings. The van der Waals surface area contributed by atoms with Crippen molar-refractivity contribution in [3.05, 3.63) is 29.3 Å². The van der Waals surface area contributed by atoms with Crippen LogP contribution in [0.4, 0.5) is 17.6 Å². The molecule has 0 amide bonds. The van der Waals surface area contributed by atoms with E-state index in [2.05, 4.69) is 7.85 Å². The van der Waals surface area contributed by atoms with Gasteiger partial charge in [0.1, 0.15) is 7.85 Å². The van der Waals surface area contributed by atoms with Gasteiger partial charge in [0.25, 0.3) is 0 Å². The van der Waals surface area contributed by atoms with Crippen LogP contribution in [0.25, 0.3) is 0 Å². The number of benzene rings is 1. The second-order valence-electron chi connectivity index (χ2n) is 3.72. The molecule has 0 spiro atoms. The Morgan fingerprint density at radius 1 is 0.947 bits per heavy atom. The largest absolute Gasteiger partial charge is 0.394 e. The summed E-state index contributed by atoms with van der Waals surface area (Å²) in [5.41, 5.74) is 2.80. The van der Waals surface area contributed by atoms with E-state index in [-0.39, 0.29) is 6.07 Å². The predicted octanol–water partition coefficient (Wildman–Crippen LogP) is -1.30. The highest BCUT2D eigenvalue weighted by molar-refractivity contribution is 6.32. The van der Waals surface area contributed by atoms with E-state index in [0.717, 1.165) is 0 Å². The molecule has 0 aliphatic carbocycles. The monoisotopic (exact) mass is 281 g/mol. The van der Waals surface area contributed by atoms with Gasteiger partial charge in [0.2, 0.25) is 0 Å². The van der Waals surface area contributed by atoms with E-state index < -0.39 is 54.1 Å². The van der Waals surface area contributed by atoms with Crippen molar-refractivity contribution in [2.45, 2.75) is 5.54 Å². The maximum atomic E-state index is 12.3. The Balaban J connectivity index is 0.000000362. The van der Waals surface area contributed by atoms with Crippen LogP contribution in [-0.4, -0.2) is 48.5 Å². The van der Waals surface area contributed by atoms with Crippen molar-refractivity contribution >= 4 is 13.3 Å². The molecule has 19 heavy (non-hydrogen) atoms. The van der Waals surface area contributed by atoms with E-state index in [4.69, 9.17) is 21.1 Å². The number of aliphatic hydroxyl groups is 3. The number of halogens is 4. The second kappa shape index (κ2) is 7.44. The lowest BCUT2D eigenvalue weighted by Crippen LogP contribution is -2.50. The van der Waals surface area contributed by atoms with Crippen LogP contribution in [0, 0.1) is 23.3 Å². The molecule has 5 N–H and O–H groups in total. The Morgan fingerprint density at radius 3 is 1.47 bits per heavy atom. The zero-order valence-corrected chi connectivity index (χ0v) is 9.71. The maximum absolute atomic E-state index is 12.3. The summed E-state index contributed by atoms with van der Waals surface area (Å²) in [5.74, 6) is -6.13. The fraction of sp³-hybridized carbons (Fsp3) is 0.400. The molecule has 1 rings (SSSR count). The highest BCUT2D eigenvalue weighted by Gasteiger charge is 2.20. The molecule has 0 unspecified atom stereocenters. The van der Waals surface area contributed by atoms with Gasteiger partial charge in [-0.3, -0.25) is 0 Å². The lowest BCUT2D eigenvalue weighted by atomic mass is 9.94. The fourth-order valence-corrected chi connectivity index (χ4v) is 0.742. The van der Waals surface area contributed by atoms with Crippen LogP contribution in [0.3, 0.4) is 0 Å². The first-order valence-corrected chi connectivity index (χ1v) is 4.92. The Kier molecular flexibility index (Phi) is 6.99. The molecule has 0 aromatic heterocycles. The molecule has 0 bridgehead atoms. The van der Waals surface area contributed by atoms with E-state index in [1.165, 1.54) is 0 Å². The first-order chi connectivity index (χ1) is 8.72. The second-order valence-corrected chi connectivity index (χ2v) is 3.72. The molecule has 2 radical (unpaired) electrons. The van der Waals surface area contributed by atoms with E-state index in [0.29, 0.717) is 0 Å².